The number of carbonyl (C=O) groups excluding carboxylic acids is 1. The fourth-order valence-electron chi connectivity index (χ4n) is 2.49. The van der Waals surface area contributed by atoms with Gasteiger partial charge in [-0.15, -0.1) is 0 Å². The molecule has 1 aromatic carbocycles. The van der Waals surface area contributed by atoms with Crippen LogP contribution in [0.4, 0.5) is 57.1 Å². The van der Waals surface area contributed by atoms with Gasteiger partial charge in [-0.2, -0.15) is 57.1 Å². The molecule has 0 bridgehead atoms. The van der Waals surface area contributed by atoms with Gasteiger partial charge in [-0.25, -0.2) is 0 Å². The smallest absolute Gasteiger partial charge is 0.460 e. The standard InChI is InChI=1S/C18H12ClF13O2/c1-3-9(12(19)33)6-8-4-5-10(11(7-8)34-2)13(20,21)14(22,23)15(24,25)16(26,27)17(28,29)18(30,31)32/h4-7H,3H2,1-2H3. The van der Waals surface area contributed by atoms with E-state index in [1.54, 1.807) is 0 Å². The first kappa shape index (κ1) is 29.8. The monoisotopic (exact) mass is 542 g/mol. The minimum Gasteiger partial charge on any atom is -0.496 e. The van der Waals surface area contributed by atoms with Crippen molar-refractivity contribution in [3.05, 3.63) is 34.9 Å². The van der Waals surface area contributed by atoms with E-state index in [1.807, 2.05) is 0 Å². The minimum absolute atomic E-state index is 0.0185. The molecule has 34 heavy (non-hydrogen) atoms. The first-order valence-electron chi connectivity index (χ1n) is 8.59. The number of allylic oxidation sites excluding steroid dienone is 1. The number of alkyl halides is 13. The maximum absolute atomic E-state index is 14.4. The summed E-state index contributed by atoms with van der Waals surface area (Å²) in [4.78, 5) is 11.2. The van der Waals surface area contributed by atoms with E-state index >= 15 is 0 Å². The summed E-state index contributed by atoms with van der Waals surface area (Å²) in [5.74, 6) is -39.1. The van der Waals surface area contributed by atoms with Crippen molar-refractivity contribution in [1.82, 2.24) is 0 Å². The Balaban J connectivity index is 3.71. The molecule has 0 unspecified atom stereocenters. The Hall–Kier alpha value is -2.19. The Morgan fingerprint density at radius 3 is 1.71 bits per heavy atom. The van der Waals surface area contributed by atoms with Crippen molar-refractivity contribution in [3.8, 4) is 5.75 Å². The summed E-state index contributed by atoms with van der Waals surface area (Å²) in [5.41, 5.74) is -2.65. The summed E-state index contributed by atoms with van der Waals surface area (Å²) >= 11 is 5.24. The highest BCUT2D eigenvalue weighted by atomic mass is 35.5. The van der Waals surface area contributed by atoms with Gasteiger partial charge in [0.2, 0.25) is 5.24 Å². The second-order valence-corrected chi connectivity index (χ2v) is 6.97. The van der Waals surface area contributed by atoms with Gasteiger partial charge in [0.05, 0.1) is 12.7 Å². The highest BCUT2D eigenvalue weighted by Gasteiger charge is 2.91. The van der Waals surface area contributed by atoms with Gasteiger partial charge < -0.3 is 4.74 Å². The van der Waals surface area contributed by atoms with Gasteiger partial charge in [-0.3, -0.25) is 4.79 Å². The van der Waals surface area contributed by atoms with E-state index in [-0.39, 0.29) is 23.6 Å². The summed E-state index contributed by atoms with van der Waals surface area (Å²) in [6, 6.07) is 0.897. The van der Waals surface area contributed by atoms with Crippen LogP contribution in [0.15, 0.2) is 23.8 Å². The Labute approximate surface area is 187 Å². The van der Waals surface area contributed by atoms with Crippen LogP contribution in [-0.4, -0.2) is 42.2 Å². The maximum Gasteiger partial charge on any atom is 0.460 e. The number of carbonyl (C=O) groups is 1. The van der Waals surface area contributed by atoms with E-state index in [0.29, 0.717) is 19.2 Å². The van der Waals surface area contributed by atoms with Gasteiger partial charge in [-0.05, 0) is 41.8 Å². The molecule has 0 aliphatic carbocycles. The molecule has 2 nitrogen and oxygen atoms in total. The predicted octanol–water partition coefficient (Wildman–Crippen LogP) is 7.45. The zero-order chi connectivity index (χ0) is 27.1. The van der Waals surface area contributed by atoms with Crippen LogP contribution in [0.3, 0.4) is 0 Å². The van der Waals surface area contributed by atoms with Gasteiger partial charge in [0.1, 0.15) is 5.75 Å². The van der Waals surface area contributed by atoms with Gasteiger partial charge in [0, 0.05) is 5.57 Å². The first-order valence-corrected chi connectivity index (χ1v) is 8.97. The molecule has 194 valence electrons. The Morgan fingerprint density at radius 2 is 1.32 bits per heavy atom. The molecule has 0 N–H and O–H groups in total. The predicted molar refractivity (Wildman–Crippen MR) is 91.9 cm³/mol. The van der Waals surface area contributed by atoms with Crippen molar-refractivity contribution in [1.29, 1.82) is 0 Å². The molecule has 0 spiro atoms. The normalized spacial score (nSPS) is 14.9. The van der Waals surface area contributed by atoms with Crippen LogP contribution < -0.4 is 4.74 Å². The molecule has 0 atom stereocenters. The lowest BCUT2D eigenvalue weighted by Crippen LogP contribution is -2.69. The van der Waals surface area contributed by atoms with Crippen molar-refractivity contribution >= 4 is 22.9 Å². The van der Waals surface area contributed by atoms with Crippen LogP contribution in [-0.2, 0) is 10.7 Å². The van der Waals surface area contributed by atoms with E-state index in [0.717, 1.165) is 6.08 Å². The third-order valence-corrected chi connectivity index (χ3v) is 4.71. The molecular formula is C18H12ClF13O2. The van der Waals surface area contributed by atoms with Crippen LogP contribution in [0, 0.1) is 0 Å². The molecular weight excluding hydrogens is 531 g/mol. The second kappa shape index (κ2) is 9.11. The van der Waals surface area contributed by atoms with Gasteiger partial charge in [0.15, 0.2) is 0 Å². The number of benzene rings is 1. The molecule has 0 aliphatic rings. The zero-order valence-corrected chi connectivity index (χ0v) is 17.4. The number of hydrogen-bond acceptors (Lipinski definition) is 2. The molecule has 0 radical (unpaired) electrons. The topological polar surface area (TPSA) is 26.3 Å². The lowest BCUT2D eigenvalue weighted by molar-refractivity contribution is -0.441. The zero-order valence-electron chi connectivity index (χ0n) is 16.6. The summed E-state index contributed by atoms with van der Waals surface area (Å²) in [6.45, 7) is 1.42. The molecule has 0 heterocycles. The molecule has 0 fully saturated rings. The number of halogens is 14. The van der Waals surface area contributed by atoms with Gasteiger partial charge in [0.25, 0.3) is 0 Å². The quantitative estimate of drug-likeness (QED) is 0.184. The average Bonchev–Trinajstić information content (AvgIpc) is 2.69. The summed E-state index contributed by atoms with van der Waals surface area (Å²) in [5, 5.41) is -1.02. The maximum atomic E-state index is 14.4. The number of methoxy groups -OCH3 is 1. The minimum atomic E-state index is -8.00. The summed E-state index contributed by atoms with van der Waals surface area (Å²) < 4.78 is 178. The van der Waals surface area contributed by atoms with Gasteiger partial charge >= 0.3 is 35.8 Å². The van der Waals surface area contributed by atoms with Crippen LogP contribution in [0.1, 0.15) is 24.5 Å². The number of hydrogen-bond donors (Lipinski definition) is 0. The molecule has 1 rings (SSSR count). The molecule has 0 saturated heterocycles. The summed E-state index contributed by atoms with van der Waals surface area (Å²) in [6.07, 6.45) is -6.58. The SMILES string of the molecule is CCC(=Cc1ccc(C(F)(F)C(F)(F)C(F)(F)C(F)(F)C(F)(F)C(F)(F)F)c(OC)c1)C(=O)Cl. The molecule has 0 saturated carbocycles. The van der Waals surface area contributed by atoms with Crippen molar-refractivity contribution < 1.29 is 66.6 Å². The third-order valence-electron chi connectivity index (χ3n) is 4.47. The molecule has 0 aliphatic heterocycles. The average molecular weight is 543 g/mol. The Morgan fingerprint density at radius 1 is 0.853 bits per heavy atom. The lowest BCUT2D eigenvalue weighted by Gasteiger charge is -2.40. The Kier molecular flexibility index (Phi) is 8.00. The third kappa shape index (κ3) is 4.54. The fourth-order valence-corrected chi connectivity index (χ4v) is 2.68. The van der Waals surface area contributed by atoms with Crippen molar-refractivity contribution in [2.75, 3.05) is 7.11 Å². The second-order valence-electron chi connectivity index (χ2n) is 6.63. The van der Waals surface area contributed by atoms with Gasteiger partial charge in [-0.1, -0.05) is 13.0 Å². The number of rotatable bonds is 9. The van der Waals surface area contributed by atoms with E-state index in [2.05, 4.69) is 4.74 Å². The lowest BCUT2D eigenvalue weighted by atomic mass is 9.89. The Bertz CT molecular complexity index is 952. The fraction of sp³-hybridized carbons (Fsp3) is 0.500. The highest BCUT2D eigenvalue weighted by Crippen LogP contribution is 2.62. The highest BCUT2D eigenvalue weighted by molar-refractivity contribution is 6.68. The first-order chi connectivity index (χ1) is 15.0. The van der Waals surface area contributed by atoms with E-state index < -0.39 is 52.3 Å². The van der Waals surface area contributed by atoms with E-state index in [4.69, 9.17) is 11.6 Å². The molecule has 0 aromatic heterocycles. The number of ether oxygens (including phenoxy) is 1. The molecule has 16 heteroatoms. The van der Waals surface area contributed by atoms with Crippen molar-refractivity contribution in [2.24, 2.45) is 0 Å². The van der Waals surface area contributed by atoms with E-state index in [9.17, 15) is 61.9 Å². The van der Waals surface area contributed by atoms with E-state index in [1.165, 1.54) is 6.92 Å². The van der Waals surface area contributed by atoms with Crippen molar-refractivity contribution in [3.63, 3.8) is 0 Å². The van der Waals surface area contributed by atoms with Crippen LogP contribution in [0.2, 0.25) is 0 Å². The molecule has 1 aromatic rings. The molecule has 0 amide bonds. The van der Waals surface area contributed by atoms with Crippen LogP contribution in [0.25, 0.3) is 6.08 Å². The van der Waals surface area contributed by atoms with Crippen LogP contribution >= 0.6 is 11.6 Å². The van der Waals surface area contributed by atoms with Crippen molar-refractivity contribution in [2.45, 2.75) is 49.1 Å². The van der Waals surface area contributed by atoms with Crippen LogP contribution in [0.5, 0.6) is 5.75 Å². The largest absolute Gasteiger partial charge is 0.496 e. The summed E-state index contributed by atoms with van der Waals surface area (Å²) in [7, 11) is 0.540.